The van der Waals surface area contributed by atoms with Gasteiger partial charge in [-0.2, -0.15) is 0 Å². The minimum absolute atomic E-state index is 0.578. The Bertz CT molecular complexity index is 273. The van der Waals surface area contributed by atoms with E-state index in [9.17, 15) is 0 Å². The van der Waals surface area contributed by atoms with Crippen LogP contribution in [-0.4, -0.2) is 13.2 Å². The van der Waals surface area contributed by atoms with Crippen LogP contribution in [0.25, 0.3) is 0 Å². The van der Waals surface area contributed by atoms with Crippen LogP contribution in [0.4, 0.5) is 0 Å². The van der Waals surface area contributed by atoms with E-state index in [0.29, 0.717) is 5.92 Å². The second-order valence-corrected chi connectivity index (χ2v) is 5.40. The zero-order chi connectivity index (χ0) is 13.9. The summed E-state index contributed by atoms with van der Waals surface area (Å²) >= 11 is 0. The number of hydrogen-bond donors (Lipinski definition) is 0. The summed E-state index contributed by atoms with van der Waals surface area (Å²) in [5.41, 5.74) is 1.58. The fourth-order valence-electron chi connectivity index (χ4n) is 2.62. The van der Waals surface area contributed by atoms with E-state index < -0.39 is 0 Å². The molecule has 19 heavy (non-hydrogen) atoms. The molecule has 1 fully saturated rings. The summed E-state index contributed by atoms with van der Waals surface area (Å²) in [6.07, 6.45) is 11.2. The lowest BCUT2D eigenvalue weighted by Crippen LogP contribution is -2.10. The second-order valence-electron chi connectivity index (χ2n) is 5.40. The first-order chi connectivity index (χ1) is 9.31. The molecule has 1 aliphatic carbocycles. The molecule has 1 unspecified atom stereocenters. The summed E-state index contributed by atoms with van der Waals surface area (Å²) in [5.74, 6) is 1.87. The number of allylic oxidation sites excluding steroid dienone is 2. The van der Waals surface area contributed by atoms with E-state index in [1.807, 2.05) is 0 Å². The quantitative estimate of drug-likeness (QED) is 0.505. The zero-order valence-corrected chi connectivity index (χ0v) is 12.7. The molecule has 0 N–H and O–H groups in total. The second kappa shape index (κ2) is 9.94. The van der Waals surface area contributed by atoms with Crippen molar-refractivity contribution >= 4 is 0 Å². The molecule has 0 saturated heterocycles. The average Bonchev–Trinajstić information content (AvgIpc) is 2.95. The van der Waals surface area contributed by atoms with E-state index in [1.54, 1.807) is 5.57 Å². The standard InChI is InChI=1S/C17H30O2/c1-4-9-17(16-10-7-8-11-16)19-13-12-15(5-2)14-18-6-3/h6,15H,3-5,7-14H2,1-2H3. The van der Waals surface area contributed by atoms with Crippen molar-refractivity contribution < 1.29 is 9.47 Å². The molecule has 2 heteroatoms. The topological polar surface area (TPSA) is 18.5 Å². The summed E-state index contributed by atoms with van der Waals surface area (Å²) in [5, 5.41) is 0. The third kappa shape index (κ3) is 6.17. The molecule has 0 bridgehead atoms. The van der Waals surface area contributed by atoms with Crippen LogP contribution in [0.1, 0.15) is 65.2 Å². The van der Waals surface area contributed by atoms with Crippen LogP contribution < -0.4 is 0 Å². The van der Waals surface area contributed by atoms with Crippen LogP contribution in [0.2, 0.25) is 0 Å². The molecule has 0 amide bonds. The van der Waals surface area contributed by atoms with Crippen LogP contribution in [0.15, 0.2) is 24.2 Å². The van der Waals surface area contributed by atoms with Gasteiger partial charge in [-0.3, -0.25) is 0 Å². The highest BCUT2D eigenvalue weighted by Crippen LogP contribution is 2.29. The lowest BCUT2D eigenvalue weighted by Gasteiger charge is -2.17. The molecule has 0 heterocycles. The van der Waals surface area contributed by atoms with Gasteiger partial charge in [-0.1, -0.05) is 20.4 Å². The molecular weight excluding hydrogens is 236 g/mol. The van der Waals surface area contributed by atoms with E-state index in [-0.39, 0.29) is 0 Å². The highest BCUT2D eigenvalue weighted by Gasteiger charge is 2.14. The summed E-state index contributed by atoms with van der Waals surface area (Å²) in [6, 6.07) is 0. The van der Waals surface area contributed by atoms with E-state index >= 15 is 0 Å². The van der Waals surface area contributed by atoms with Crippen LogP contribution >= 0.6 is 0 Å². The maximum atomic E-state index is 6.08. The van der Waals surface area contributed by atoms with Gasteiger partial charge in [0.25, 0.3) is 0 Å². The molecule has 0 aliphatic heterocycles. The predicted molar refractivity (Wildman–Crippen MR) is 80.9 cm³/mol. The average molecular weight is 266 g/mol. The van der Waals surface area contributed by atoms with Gasteiger partial charge in [0.1, 0.15) is 0 Å². The van der Waals surface area contributed by atoms with Crippen molar-refractivity contribution in [2.75, 3.05) is 13.2 Å². The molecular formula is C17H30O2. The Labute approximate surface area is 118 Å². The Morgan fingerprint density at radius 1 is 1.32 bits per heavy atom. The van der Waals surface area contributed by atoms with Crippen molar-refractivity contribution in [1.29, 1.82) is 0 Å². The lowest BCUT2D eigenvalue weighted by atomic mass is 10.0. The first-order valence-electron chi connectivity index (χ1n) is 7.88. The molecule has 0 aromatic rings. The predicted octanol–water partition coefficient (Wildman–Crippen LogP) is 5.21. The van der Waals surface area contributed by atoms with Gasteiger partial charge in [-0.05, 0) is 56.4 Å². The van der Waals surface area contributed by atoms with Gasteiger partial charge in [-0.25, -0.2) is 0 Å². The molecule has 1 rings (SSSR count). The van der Waals surface area contributed by atoms with E-state index in [0.717, 1.165) is 32.5 Å². The lowest BCUT2D eigenvalue weighted by molar-refractivity contribution is 0.137. The highest BCUT2D eigenvalue weighted by molar-refractivity contribution is 5.12. The summed E-state index contributed by atoms with van der Waals surface area (Å²) < 4.78 is 11.4. The number of rotatable bonds is 10. The Hall–Kier alpha value is -0.920. The molecule has 1 saturated carbocycles. The zero-order valence-electron chi connectivity index (χ0n) is 12.7. The van der Waals surface area contributed by atoms with E-state index in [2.05, 4.69) is 20.4 Å². The van der Waals surface area contributed by atoms with Gasteiger partial charge in [0.15, 0.2) is 0 Å². The Kier molecular flexibility index (Phi) is 8.44. The van der Waals surface area contributed by atoms with Gasteiger partial charge in [-0.15, -0.1) is 0 Å². The Morgan fingerprint density at radius 2 is 2.05 bits per heavy atom. The third-order valence-electron chi connectivity index (χ3n) is 3.91. The molecule has 0 spiro atoms. The van der Waals surface area contributed by atoms with Crippen molar-refractivity contribution in [2.45, 2.75) is 65.2 Å². The Balaban J connectivity index is 2.35. The van der Waals surface area contributed by atoms with Crippen LogP contribution in [0.3, 0.4) is 0 Å². The first kappa shape index (κ1) is 16.1. The van der Waals surface area contributed by atoms with Crippen molar-refractivity contribution in [3.8, 4) is 0 Å². The van der Waals surface area contributed by atoms with Gasteiger partial charge in [0, 0.05) is 6.42 Å². The monoisotopic (exact) mass is 266 g/mol. The van der Waals surface area contributed by atoms with Crippen molar-refractivity contribution in [3.63, 3.8) is 0 Å². The summed E-state index contributed by atoms with van der Waals surface area (Å²) in [7, 11) is 0. The Morgan fingerprint density at radius 3 is 2.63 bits per heavy atom. The smallest absolute Gasteiger partial charge is 0.0951 e. The largest absolute Gasteiger partial charge is 0.502 e. The fourth-order valence-corrected chi connectivity index (χ4v) is 2.62. The molecule has 0 radical (unpaired) electrons. The molecule has 0 aromatic carbocycles. The summed E-state index contributed by atoms with van der Waals surface area (Å²) in [4.78, 5) is 0. The minimum Gasteiger partial charge on any atom is -0.502 e. The minimum atomic E-state index is 0.578. The van der Waals surface area contributed by atoms with Crippen molar-refractivity contribution in [1.82, 2.24) is 0 Å². The van der Waals surface area contributed by atoms with Gasteiger partial charge >= 0.3 is 0 Å². The maximum Gasteiger partial charge on any atom is 0.0951 e. The van der Waals surface area contributed by atoms with Gasteiger partial charge in [0.05, 0.1) is 25.2 Å². The number of ether oxygens (including phenoxy) is 2. The molecule has 0 aromatic heterocycles. The van der Waals surface area contributed by atoms with Crippen LogP contribution in [-0.2, 0) is 9.47 Å². The number of hydrogen-bond acceptors (Lipinski definition) is 2. The third-order valence-corrected chi connectivity index (χ3v) is 3.91. The first-order valence-corrected chi connectivity index (χ1v) is 7.88. The molecule has 2 nitrogen and oxygen atoms in total. The molecule has 1 atom stereocenters. The van der Waals surface area contributed by atoms with E-state index in [4.69, 9.17) is 9.47 Å². The van der Waals surface area contributed by atoms with Crippen molar-refractivity contribution in [2.24, 2.45) is 5.92 Å². The highest BCUT2D eigenvalue weighted by atomic mass is 16.5. The molecule has 1 aliphatic rings. The van der Waals surface area contributed by atoms with Crippen LogP contribution in [0.5, 0.6) is 0 Å². The summed E-state index contributed by atoms with van der Waals surface area (Å²) in [6.45, 7) is 9.62. The SMILES string of the molecule is C=COCC(CC)CCOC(CCC)=C1CCCC1. The van der Waals surface area contributed by atoms with E-state index in [1.165, 1.54) is 44.1 Å². The normalized spacial score (nSPS) is 16.2. The molecule has 110 valence electrons. The van der Waals surface area contributed by atoms with Gasteiger partial charge in [0.2, 0.25) is 0 Å². The van der Waals surface area contributed by atoms with Crippen molar-refractivity contribution in [3.05, 3.63) is 24.2 Å². The van der Waals surface area contributed by atoms with Crippen LogP contribution in [0, 0.1) is 5.92 Å². The fraction of sp³-hybridized carbons (Fsp3) is 0.765. The maximum absolute atomic E-state index is 6.08. The van der Waals surface area contributed by atoms with Gasteiger partial charge < -0.3 is 9.47 Å².